The number of unbranched alkanes of at least 4 members (excludes halogenated alkanes) is 10. The highest BCUT2D eigenvalue weighted by Crippen LogP contribution is 2.14. The maximum atomic E-state index is 9.29. The van der Waals surface area contributed by atoms with Crippen molar-refractivity contribution in [2.24, 2.45) is 0 Å². The second kappa shape index (κ2) is 17.2. The zero-order valence-electron chi connectivity index (χ0n) is 15.1. The number of rotatable bonds is 17. The van der Waals surface area contributed by atoms with E-state index in [1.165, 1.54) is 70.6 Å². The molecule has 0 aliphatic carbocycles. The zero-order chi connectivity index (χ0) is 16.5. The van der Waals surface area contributed by atoms with Crippen molar-refractivity contribution in [2.45, 2.75) is 110 Å². The van der Waals surface area contributed by atoms with Crippen LogP contribution in [-0.4, -0.2) is 35.6 Å². The number of hydrogen-bond acceptors (Lipinski definition) is 3. The second-order valence-corrected chi connectivity index (χ2v) is 6.52. The van der Waals surface area contributed by atoms with E-state index in [0.717, 1.165) is 12.8 Å². The van der Waals surface area contributed by atoms with Crippen molar-refractivity contribution in [3.63, 3.8) is 0 Å². The van der Waals surface area contributed by atoms with Gasteiger partial charge in [0.15, 0.2) is 0 Å². The number of hydrogen-bond donors (Lipinski definition) is 2. The van der Waals surface area contributed by atoms with E-state index < -0.39 is 6.10 Å². The quantitative estimate of drug-likeness (QED) is 0.378. The van der Waals surface area contributed by atoms with Crippen LogP contribution >= 0.6 is 0 Å². The summed E-state index contributed by atoms with van der Waals surface area (Å²) in [7, 11) is 0. The molecule has 2 atom stereocenters. The Hall–Kier alpha value is -0.120. The zero-order valence-corrected chi connectivity index (χ0v) is 15.1. The predicted octanol–water partition coefficient (Wildman–Crippen LogP) is 4.84. The van der Waals surface area contributed by atoms with Gasteiger partial charge in [-0.3, -0.25) is 0 Å². The van der Waals surface area contributed by atoms with Gasteiger partial charge < -0.3 is 14.9 Å². The van der Waals surface area contributed by atoms with E-state index in [2.05, 4.69) is 13.8 Å². The molecule has 0 aliphatic rings. The van der Waals surface area contributed by atoms with Crippen molar-refractivity contribution in [1.29, 1.82) is 0 Å². The molecule has 0 radical (unpaired) electrons. The Bertz CT molecular complexity index is 209. The molecule has 0 saturated heterocycles. The first-order valence-corrected chi connectivity index (χ1v) is 9.65. The molecule has 3 nitrogen and oxygen atoms in total. The molecule has 0 aromatic heterocycles. The highest BCUT2D eigenvalue weighted by molar-refractivity contribution is 4.59. The maximum Gasteiger partial charge on any atom is 0.100 e. The largest absolute Gasteiger partial charge is 0.394 e. The first-order valence-electron chi connectivity index (χ1n) is 9.65. The van der Waals surface area contributed by atoms with Gasteiger partial charge in [-0.2, -0.15) is 0 Å². The number of aliphatic hydroxyl groups is 2. The van der Waals surface area contributed by atoms with Gasteiger partial charge in [-0.15, -0.1) is 0 Å². The fraction of sp³-hybridized carbons (Fsp3) is 1.00. The fourth-order valence-corrected chi connectivity index (χ4v) is 2.74. The number of ether oxygens (including phenoxy) is 1. The van der Waals surface area contributed by atoms with Crippen LogP contribution in [0.2, 0.25) is 0 Å². The van der Waals surface area contributed by atoms with Crippen molar-refractivity contribution >= 4 is 0 Å². The fourth-order valence-electron chi connectivity index (χ4n) is 2.74. The Morgan fingerprint density at radius 1 is 0.773 bits per heavy atom. The molecule has 0 amide bonds. The van der Waals surface area contributed by atoms with Gasteiger partial charge in [0.1, 0.15) is 6.10 Å². The summed E-state index contributed by atoms with van der Waals surface area (Å²) in [4.78, 5) is 0. The molecule has 0 spiro atoms. The Morgan fingerprint density at radius 2 is 1.27 bits per heavy atom. The topological polar surface area (TPSA) is 49.7 Å². The van der Waals surface area contributed by atoms with Crippen LogP contribution in [0.4, 0.5) is 0 Å². The third kappa shape index (κ3) is 14.8. The van der Waals surface area contributed by atoms with E-state index in [1.54, 1.807) is 0 Å². The molecule has 0 saturated carbocycles. The first-order chi connectivity index (χ1) is 10.7. The lowest BCUT2D eigenvalue weighted by Gasteiger charge is -2.17. The monoisotopic (exact) mass is 316 g/mol. The van der Waals surface area contributed by atoms with E-state index >= 15 is 0 Å². The summed E-state index contributed by atoms with van der Waals surface area (Å²) < 4.78 is 5.63. The molecule has 0 heterocycles. The summed E-state index contributed by atoms with van der Waals surface area (Å²) >= 11 is 0. The summed E-state index contributed by atoms with van der Waals surface area (Å²) in [5.41, 5.74) is 0. The van der Waals surface area contributed by atoms with Crippen molar-refractivity contribution in [2.75, 3.05) is 13.2 Å². The minimum absolute atomic E-state index is 0.213. The summed E-state index contributed by atoms with van der Waals surface area (Å²) in [5, 5.41) is 18.1. The lowest BCUT2D eigenvalue weighted by Crippen LogP contribution is -2.24. The third-order valence-electron chi connectivity index (χ3n) is 4.32. The molecule has 0 aromatic carbocycles. The second-order valence-electron chi connectivity index (χ2n) is 6.52. The van der Waals surface area contributed by atoms with Gasteiger partial charge in [0.25, 0.3) is 0 Å². The van der Waals surface area contributed by atoms with Crippen molar-refractivity contribution in [3.8, 4) is 0 Å². The molecule has 134 valence electrons. The standard InChI is InChI=1S/C19H40O3/c1-3-5-6-7-8-9-10-11-12-13-14-15-19(4-2)22-17-18(21)16-20/h18-21H,3-17H2,1-2H3. The maximum absolute atomic E-state index is 9.29. The van der Waals surface area contributed by atoms with Crippen LogP contribution in [0.3, 0.4) is 0 Å². The lowest BCUT2D eigenvalue weighted by molar-refractivity contribution is -0.0328. The van der Waals surface area contributed by atoms with Gasteiger partial charge in [0.05, 0.1) is 19.3 Å². The van der Waals surface area contributed by atoms with Gasteiger partial charge in [0, 0.05) is 0 Å². The van der Waals surface area contributed by atoms with E-state index in [1.807, 2.05) is 0 Å². The Morgan fingerprint density at radius 3 is 1.73 bits per heavy atom. The normalized spacial score (nSPS) is 14.2. The molecule has 2 unspecified atom stereocenters. The molecule has 22 heavy (non-hydrogen) atoms. The highest BCUT2D eigenvalue weighted by Gasteiger charge is 2.09. The van der Waals surface area contributed by atoms with Crippen molar-refractivity contribution in [3.05, 3.63) is 0 Å². The summed E-state index contributed by atoms with van der Waals surface area (Å²) in [6, 6.07) is 0. The Labute approximate surface area is 138 Å². The van der Waals surface area contributed by atoms with Gasteiger partial charge in [-0.1, -0.05) is 84.5 Å². The van der Waals surface area contributed by atoms with Crippen molar-refractivity contribution in [1.82, 2.24) is 0 Å². The predicted molar refractivity (Wildman–Crippen MR) is 94.2 cm³/mol. The van der Waals surface area contributed by atoms with Gasteiger partial charge in [0.2, 0.25) is 0 Å². The molecule has 2 N–H and O–H groups in total. The van der Waals surface area contributed by atoms with E-state index in [-0.39, 0.29) is 19.3 Å². The average Bonchev–Trinajstić information content (AvgIpc) is 2.54. The minimum Gasteiger partial charge on any atom is -0.394 e. The molecule has 3 heteroatoms. The minimum atomic E-state index is -0.730. The molecule has 0 aliphatic heterocycles. The SMILES string of the molecule is CCCCCCCCCCCCCC(CC)OCC(O)CO. The molecular weight excluding hydrogens is 276 g/mol. The van der Waals surface area contributed by atoms with Crippen LogP contribution < -0.4 is 0 Å². The Balaban J connectivity index is 3.29. The van der Waals surface area contributed by atoms with Crippen LogP contribution in [0, 0.1) is 0 Å². The van der Waals surface area contributed by atoms with E-state index in [9.17, 15) is 5.11 Å². The summed E-state index contributed by atoms with van der Waals surface area (Å²) in [6.07, 6.45) is 16.6. The van der Waals surface area contributed by atoms with E-state index in [4.69, 9.17) is 9.84 Å². The Kier molecular flexibility index (Phi) is 17.1. The van der Waals surface area contributed by atoms with Crippen LogP contribution in [0.5, 0.6) is 0 Å². The van der Waals surface area contributed by atoms with Gasteiger partial charge in [-0.05, 0) is 12.8 Å². The van der Waals surface area contributed by atoms with Crippen LogP contribution in [-0.2, 0) is 4.74 Å². The molecule has 0 fully saturated rings. The van der Waals surface area contributed by atoms with Crippen LogP contribution in [0.15, 0.2) is 0 Å². The molecule has 0 aromatic rings. The third-order valence-corrected chi connectivity index (χ3v) is 4.32. The summed E-state index contributed by atoms with van der Waals surface area (Å²) in [6.45, 7) is 4.43. The van der Waals surface area contributed by atoms with E-state index in [0.29, 0.717) is 0 Å². The molecule has 0 rings (SSSR count). The van der Waals surface area contributed by atoms with Crippen LogP contribution in [0.25, 0.3) is 0 Å². The van der Waals surface area contributed by atoms with Crippen molar-refractivity contribution < 1.29 is 14.9 Å². The first kappa shape index (κ1) is 21.9. The van der Waals surface area contributed by atoms with Crippen LogP contribution in [0.1, 0.15) is 97.3 Å². The molecule has 0 bridgehead atoms. The highest BCUT2D eigenvalue weighted by atomic mass is 16.5. The number of aliphatic hydroxyl groups excluding tert-OH is 2. The molecular formula is C19H40O3. The lowest BCUT2D eigenvalue weighted by atomic mass is 10.0. The van der Waals surface area contributed by atoms with Gasteiger partial charge >= 0.3 is 0 Å². The smallest absolute Gasteiger partial charge is 0.100 e. The summed E-state index contributed by atoms with van der Waals surface area (Å²) in [5.74, 6) is 0. The average molecular weight is 317 g/mol. The van der Waals surface area contributed by atoms with Gasteiger partial charge in [-0.25, -0.2) is 0 Å².